The number of aromatic nitrogens is 2. The SMILES string of the molecule is Cc1nccnc1N1CCNC(C)C1.Cl. The number of aryl methyl sites for hydroxylation is 1. The fourth-order valence-corrected chi connectivity index (χ4v) is 1.84. The Bertz CT molecular complexity index is 318. The van der Waals surface area contributed by atoms with Crippen LogP contribution in [0.4, 0.5) is 5.82 Å². The highest BCUT2D eigenvalue weighted by Gasteiger charge is 2.18. The van der Waals surface area contributed by atoms with Gasteiger partial charge >= 0.3 is 0 Å². The molecule has 1 N–H and O–H groups in total. The number of piperazine rings is 1. The molecule has 0 spiro atoms. The highest BCUT2D eigenvalue weighted by molar-refractivity contribution is 5.85. The van der Waals surface area contributed by atoms with Crippen molar-refractivity contribution in [1.29, 1.82) is 0 Å². The van der Waals surface area contributed by atoms with Crippen LogP contribution in [0.5, 0.6) is 0 Å². The average molecular weight is 229 g/mol. The molecule has 1 atom stereocenters. The van der Waals surface area contributed by atoms with E-state index in [2.05, 4.69) is 27.1 Å². The van der Waals surface area contributed by atoms with E-state index < -0.39 is 0 Å². The lowest BCUT2D eigenvalue weighted by atomic mass is 10.2. The standard InChI is InChI=1S/C10H16N4.ClH/c1-8-7-14(6-5-11-8)10-9(2)12-3-4-13-10;/h3-4,8,11H,5-7H2,1-2H3;1H. The predicted molar refractivity (Wildman–Crippen MR) is 63.7 cm³/mol. The summed E-state index contributed by atoms with van der Waals surface area (Å²) in [6.07, 6.45) is 3.50. The molecule has 1 aromatic heterocycles. The van der Waals surface area contributed by atoms with Crippen molar-refractivity contribution in [2.24, 2.45) is 0 Å². The largest absolute Gasteiger partial charge is 0.352 e. The van der Waals surface area contributed by atoms with Crippen molar-refractivity contribution in [3.8, 4) is 0 Å². The lowest BCUT2D eigenvalue weighted by Gasteiger charge is -2.33. The summed E-state index contributed by atoms with van der Waals surface area (Å²) in [5.74, 6) is 1.03. The molecule has 0 aromatic carbocycles. The zero-order valence-corrected chi connectivity index (χ0v) is 9.92. The van der Waals surface area contributed by atoms with E-state index in [0.717, 1.165) is 31.1 Å². The highest BCUT2D eigenvalue weighted by atomic mass is 35.5. The molecule has 1 aliphatic rings. The van der Waals surface area contributed by atoms with Gasteiger partial charge in [-0.1, -0.05) is 0 Å². The zero-order chi connectivity index (χ0) is 9.97. The van der Waals surface area contributed by atoms with Gasteiger partial charge in [-0.15, -0.1) is 12.4 Å². The Hall–Kier alpha value is -0.870. The minimum Gasteiger partial charge on any atom is -0.352 e. The van der Waals surface area contributed by atoms with Crippen LogP contribution < -0.4 is 10.2 Å². The fraction of sp³-hybridized carbons (Fsp3) is 0.600. The van der Waals surface area contributed by atoms with Gasteiger partial charge in [0, 0.05) is 38.1 Å². The predicted octanol–water partition coefficient (Wildman–Crippen LogP) is 1.00. The minimum atomic E-state index is 0. The quantitative estimate of drug-likeness (QED) is 0.779. The fourth-order valence-electron chi connectivity index (χ4n) is 1.84. The first-order chi connectivity index (χ1) is 6.77. The van der Waals surface area contributed by atoms with Crippen LogP contribution in [0.1, 0.15) is 12.6 Å². The molecule has 2 heterocycles. The van der Waals surface area contributed by atoms with Crippen LogP contribution in [0.15, 0.2) is 12.4 Å². The molecule has 2 rings (SSSR count). The molecule has 4 nitrogen and oxygen atoms in total. The van der Waals surface area contributed by atoms with Gasteiger partial charge in [0.1, 0.15) is 5.82 Å². The Morgan fingerprint density at radius 3 is 2.80 bits per heavy atom. The molecule has 0 bridgehead atoms. The Balaban J connectivity index is 0.00000112. The number of hydrogen-bond donors (Lipinski definition) is 1. The van der Waals surface area contributed by atoms with Crippen LogP contribution in [0.3, 0.4) is 0 Å². The molecule has 0 saturated carbocycles. The maximum absolute atomic E-state index is 4.37. The summed E-state index contributed by atoms with van der Waals surface area (Å²) in [6, 6.07) is 0.533. The zero-order valence-electron chi connectivity index (χ0n) is 9.10. The van der Waals surface area contributed by atoms with Crippen LogP contribution in [0, 0.1) is 6.92 Å². The van der Waals surface area contributed by atoms with E-state index in [0.29, 0.717) is 6.04 Å². The molecule has 15 heavy (non-hydrogen) atoms. The summed E-state index contributed by atoms with van der Waals surface area (Å²) in [5.41, 5.74) is 1.02. The van der Waals surface area contributed by atoms with E-state index in [9.17, 15) is 0 Å². The van der Waals surface area contributed by atoms with E-state index in [1.807, 2.05) is 6.92 Å². The first-order valence-electron chi connectivity index (χ1n) is 5.03. The van der Waals surface area contributed by atoms with E-state index in [1.165, 1.54) is 0 Å². The lowest BCUT2D eigenvalue weighted by molar-refractivity contribution is 0.481. The van der Waals surface area contributed by atoms with Gasteiger partial charge in [-0.25, -0.2) is 4.98 Å². The number of nitrogens with zero attached hydrogens (tertiary/aromatic N) is 3. The Kier molecular flexibility index (Phi) is 4.29. The molecule has 1 fully saturated rings. The molecular weight excluding hydrogens is 212 g/mol. The summed E-state index contributed by atoms with van der Waals surface area (Å²) in [4.78, 5) is 10.9. The molecule has 5 heteroatoms. The van der Waals surface area contributed by atoms with Crippen molar-refractivity contribution in [3.05, 3.63) is 18.1 Å². The smallest absolute Gasteiger partial charge is 0.150 e. The molecule has 1 unspecified atom stereocenters. The van der Waals surface area contributed by atoms with Crippen molar-refractivity contribution in [2.75, 3.05) is 24.5 Å². The molecular formula is C10H17ClN4. The second-order valence-corrected chi connectivity index (χ2v) is 3.77. The molecule has 0 radical (unpaired) electrons. The van der Waals surface area contributed by atoms with Crippen LogP contribution >= 0.6 is 12.4 Å². The van der Waals surface area contributed by atoms with Gasteiger partial charge in [0.2, 0.25) is 0 Å². The van der Waals surface area contributed by atoms with E-state index in [-0.39, 0.29) is 12.4 Å². The van der Waals surface area contributed by atoms with Gasteiger partial charge in [-0.3, -0.25) is 4.98 Å². The van der Waals surface area contributed by atoms with E-state index in [4.69, 9.17) is 0 Å². The second kappa shape index (κ2) is 5.28. The topological polar surface area (TPSA) is 41.1 Å². The molecule has 0 amide bonds. The summed E-state index contributed by atoms with van der Waals surface area (Å²) in [5, 5.41) is 3.41. The third-order valence-electron chi connectivity index (χ3n) is 2.52. The molecule has 1 aromatic rings. The number of anilines is 1. The first kappa shape index (κ1) is 12.2. The minimum absolute atomic E-state index is 0. The first-order valence-corrected chi connectivity index (χ1v) is 5.03. The van der Waals surface area contributed by atoms with Crippen molar-refractivity contribution < 1.29 is 0 Å². The van der Waals surface area contributed by atoms with Crippen molar-refractivity contribution in [1.82, 2.24) is 15.3 Å². The average Bonchev–Trinajstić information content (AvgIpc) is 2.18. The third-order valence-corrected chi connectivity index (χ3v) is 2.52. The number of rotatable bonds is 1. The number of hydrogen-bond acceptors (Lipinski definition) is 4. The van der Waals surface area contributed by atoms with Gasteiger partial charge in [-0.2, -0.15) is 0 Å². The normalized spacial score (nSPS) is 20.9. The van der Waals surface area contributed by atoms with E-state index in [1.54, 1.807) is 12.4 Å². The summed E-state index contributed by atoms with van der Waals surface area (Å²) in [7, 11) is 0. The van der Waals surface area contributed by atoms with Gasteiger partial charge in [0.25, 0.3) is 0 Å². The Morgan fingerprint density at radius 2 is 2.13 bits per heavy atom. The molecule has 84 valence electrons. The number of nitrogens with one attached hydrogen (secondary N) is 1. The Labute approximate surface area is 96.5 Å². The lowest BCUT2D eigenvalue weighted by Crippen LogP contribution is -2.49. The molecule has 1 aliphatic heterocycles. The summed E-state index contributed by atoms with van der Waals surface area (Å²) >= 11 is 0. The van der Waals surface area contributed by atoms with Gasteiger partial charge in [0.15, 0.2) is 0 Å². The van der Waals surface area contributed by atoms with Crippen molar-refractivity contribution in [3.63, 3.8) is 0 Å². The van der Waals surface area contributed by atoms with Gasteiger partial charge < -0.3 is 10.2 Å². The van der Waals surface area contributed by atoms with Crippen molar-refractivity contribution in [2.45, 2.75) is 19.9 Å². The highest BCUT2D eigenvalue weighted by Crippen LogP contribution is 2.15. The molecule has 1 saturated heterocycles. The molecule has 0 aliphatic carbocycles. The van der Waals surface area contributed by atoms with Crippen LogP contribution in [-0.2, 0) is 0 Å². The monoisotopic (exact) mass is 228 g/mol. The van der Waals surface area contributed by atoms with Gasteiger partial charge in [0.05, 0.1) is 5.69 Å². The number of halogens is 1. The second-order valence-electron chi connectivity index (χ2n) is 3.77. The third kappa shape index (κ3) is 2.79. The van der Waals surface area contributed by atoms with Crippen LogP contribution in [0.2, 0.25) is 0 Å². The van der Waals surface area contributed by atoms with E-state index >= 15 is 0 Å². The maximum atomic E-state index is 4.37. The summed E-state index contributed by atoms with van der Waals surface area (Å²) < 4.78 is 0. The van der Waals surface area contributed by atoms with Crippen LogP contribution in [-0.4, -0.2) is 35.6 Å². The Morgan fingerprint density at radius 1 is 1.40 bits per heavy atom. The summed E-state index contributed by atoms with van der Waals surface area (Å²) in [6.45, 7) is 7.26. The maximum Gasteiger partial charge on any atom is 0.150 e. The van der Waals surface area contributed by atoms with Crippen molar-refractivity contribution >= 4 is 18.2 Å². The van der Waals surface area contributed by atoms with Crippen LogP contribution in [0.25, 0.3) is 0 Å². The van der Waals surface area contributed by atoms with Gasteiger partial charge in [-0.05, 0) is 13.8 Å².